The Morgan fingerprint density at radius 1 is 1.83 bits per heavy atom. The van der Waals surface area contributed by atoms with Crippen LogP contribution in [-0.2, 0) is 0 Å². The quantitative estimate of drug-likeness (QED) is 0.455. The molecule has 33 valence electrons. The predicted molar refractivity (Wildman–Crippen MR) is 28.0 cm³/mol. The van der Waals surface area contributed by atoms with Gasteiger partial charge in [-0.05, 0) is 12.8 Å². The Kier molecular flexibility index (Phi) is 4.53. The van der Waals surface area contributed by atoms with E-state index >= 15 is 0 Å². The summed E-state index contributed by atoms with van der Waals surface area (Å²) in [6.07, 6.45) is 7.54. The highest BCUT2D eigenvalue weighted by Gasteiger charge is 1.73. The Labute approximate surface area is 39.9 Å². The van der Waals surface area contributed by atoms with Crippen molar-refractivity contribution in [2.75, 3.05) is 0 Å². The predicted octanol–water partition coefficient (Wildman–Crippen LogP) is 1.87. The topological polar surface area (TPSA) is 0 Å². The number of rotatable bonds is 3. The van der Waals surface area contributed by atoms with E-state index in [0.717, 1.165) is 6.42 Å². The van der Waals surface area contributed by atoms with Gasteiger partial charge in [0.05, 0.1) is 0 Å². The summed E-state index contributed by atoms with van der Waals surface area (Å²) in [7, 11) is 0. The molecule has 0 aromatic heterocycles. The van der Waals surface area contributed by atoms with E-state index in [-0.39, 0.29) is 0 Å². The maximum absolute atomic E-state index is 3.47. The second-order valence-electron chi connectivity index (χ2n) is 1.02. The van der Waals surface area contributed by atoms with Crippen molar-refractivity contribution in [3.05, 3.63) is 25.5 Å². The molecule has 0 atom stereocenters. The molecule has 0 heterocycles. The van der Waals surface area contributed by atoms with Crippen LogP contribution in [-0.4, -0.2) is 0 Å². The maximum Gasteiger partial charge on any atom is 0.00808 e. The zero-order chi connectivity index (χ0) is 4.83. The molecule has 0 N–H and O–H groups in total. The molecule has 0 saturated carbocycles. The molecule has 0 spiro atoms. The SMILES string of the molecule is C=C[C]C[CH]C. The van der Waals surface area contributed by atoms with Crippen LogP contribution < -0.4 is 0 Å². The number of hydrogen-bond donors (Lipinski definition) is 0. The summed E-state index contributed by atoms with van der Waals surface area (Å²) in [5, 5.41) is 0. The third-order valence-electron chi connectivity index (χ3n) is 0.466. The van der Waals surface area contributed by atoms with Gasteiger partial charge in [-0.15, -0.1) is 6.58 Å². The molecule has 0 saturated heterocycles. The van der Waals surface area contributed by atoms with Gasteiger partial charge in [-0.1, -0.05) is 13.0 Å². The van der Waals surface area contributed by atoms with Crippen LogP contribution in [0.25, 0.3) is 0 Å². The first kappa shape index (κ1) is 5.74. The van der Waals surface area contributed by atoms with Gasteiger partial charge in [-0.25, -0.2) is 0 Å². The molecule has 3 radical (unpaired) electrons. The van der Waals surface area contributed by atoms with Crippen LogP contribution in [0.1, 0.15) is 13.3 Å². The van der Waals surface area contributed by atoms with Crippen molar-refractivity contribution in [3.8, 4) is 0 Å². The van der Waals surface area contributed by atoms with E-state index < -0.39 is 0 Å². The minimum absolute atomic E-state index is 0.920. The van der Waals surface area contributed by atoms with Crippen LogP contribution in [0.4, 0.5) is 0 Å². The lowest BCUT2D eigenvalue weighted by Crippen LogP contribution is -1.65. The minimum atomic E-state index is 0.920. The standard InChI is InChI=1S/C6H9/c1-3-5-6-4-2/h3-4H,1,6H2,2H3. The fourth-order valence-electron chi connectivity index (χ4n) is 0.201. The van der Waals surface area contributed by atoms with Gasteiger partial charge in [-0.3, -0.25) is 0 Å². The fraction of sp³-hybridized carbons (Fsp3) is 0.333. The Balaban J connectivity index is 2.49. The van der Waals surface area contributed by atoms with Crippen LogP contribution in [0.5, 0.6) is 0 Å². The molecule has 0 aliphatic rings. The molecular weight excluding hydrogens is 72.1 g/mol. The first-order chi connectivity index (χ1) is 2.91. The van der Waals surface area contributed by atoms with Gasteiger partial charge in [-0.2, -0.15) is 0 Å². The molecule has 0 rings (SSSR count). The summed E-state index contributed by atoms with van der Waals surface area (Å²) in [4.78, 5) is 0. The Morgan fingerprint density at radius 3 is 2.67 bits per heavy atom. The monoisotopic (exact) mass is 81.1 g/mol. The van der Waals surface area contributed by atoms with Crippen molar-refractivity contribution < 1.29 is 0 Å². The maximum atomic E-state index is 3.47. The first-order valence-electron chi connectivity index (χ1n) is 2.04. The lowest BCUT2D eigenvalue weighted by molar-refractivity contribution is 1.15. The zero-order valence-corrected chi connectivity index (χ0v) is 4.07. The van der Waals surface area contributed by atoms with Crippen LogP contribution in [0, 0.1) is 12.8 Å². The summed E-state index contributed by atoms with van der Waals surface area (Å²) < 4.78 is 0. The summed E-state index contributed by atoms with van der Waals surface area (Å²) in [5.41, 5.74) is 0. The average Bonchev–Trinajstić information content (AvgIpc) is 1.61. The third-order valence-corrected chi connectivity index (χ3v) is 0.466. The van der Waals surface area contributed by atoms with Gasteiger partial charge in [0.1, 0.15) is 0 Å². The number of unbranched alkanes of at least 4 members (excludes halogenated alkanes) is 2. The Morgan fingerprint density at radius 2 is 2.50 bits per heavy atom. The third kappa shape index (κ3) is 3.74. The van der Waals surface area contributed by atoms with E-state index in [1.54, 1.807) is 6.08 Å². The smallest absolute Gasteiger partial charge is 0.00808 e. The largest absolute Gasteiger partial charge is 0.102 e. The van der Waals surface area contributed by atoms with Crippen LogP contribution in [0.3, 0.4) is 0 Å². The highest BCUT2D eigenvalue weighted by molar-refractivity contribution is 4.88. The van der Waals surface area contributed by atoms with Gasteiger partial charge in [0.15, 0.2) is 0 Å². The summed E-state index contributed by atoms with van der Waals surface area (Å²) in [6, 6.07) is 0. The second-order valence-corrected chi connectivity index (χ2v) is 1.02. The van der Waals surface area contributed by atoms with E-state index in [4.69, 9.17) is 0 Å². The van der Waals surface area contributed by atoms with Crippen LogP contribution >= 0.6 is 0 Å². The van der Waals surface area contributed by atoms with Crippen molar-refractivity contribution in [1.82, 2.24) is 0 Å². The molecular formula is C6H9. The molecule has 0 aromatic carbocycles. The summed E-state index contributed by atoms with van der Waals surface area (Å²) in [6.45, 7) is 5.46. The molecule has 0 aliphatic heterocycles. The molecule has 0 fully saturated rings. The molecule has 0 aromatic rings. The van der Waals surface area contributed by atoms with E-state index in [2.05, 4.69) is 13.0 Å². The number of hydrogen-bond acceptors (Lipinski definition) is 0. The van der Waals surface area contributed by atoms with Gasteiger partial charge < -0.3 is 0 Å². The van der Waals surface area contributed by atoms with Crippen molar-refractivity contribution in [2.24, 2.45) is 0 Å². The normalized spacial score (nSPS) is 8.17. The minimum Gasteiger partial charge on any atom is -0.102 e. The highest BCUT2D eigenvalue weighted by Crippen LogP contribution is 1.88. The lowest BCUT2D eigenvalue weighted by atomic mass is 10.3. The molecule has 0 bridgehead atoms. The lowest BCUT2D eigenvalue weighted by Gasteiger charge is -1.80. The van der Waals surface area contributed by atoms with E-state index in [9.17, 15) is 0 Å². The molecule has 0 heteroatoms. The zero-order valence-electron chi connectivity index (χ0n) is 4.07. The Hall–Kier alpha value is -0.260. The molecule has 0 amide bonds. The second kappa shape index (κ2) is 4.74. The molecule has 0 aliphatic carbocycles. The van der Waals surface area contributed by atoms with Crippen LogP contribution in [0.2, 0.25) is 0 Å². The summed E-state index contributed by atoms with van der Waals surface area (Å²) in [5.74, 6) is 0. The molecule has 0 unspecified atom stereocenters. The van der Waals surface area contributed by atoms with Crippen molar-refractivity contribution in [3.63, 3.8) is 0 Å². The van der Waals surface area contributed by atoms with Gasteiger partial charge >= 0.3 is 0 Å². The van der Waals surface area contributed by atoms with Crippen molar-refractivity contribution in [2.45, 2.75) is 13.3 Å². The fourth-order valence-corrected chi connectivity index (χ4v) is 0.201. The van der Waals surface area contributed by atoms with Gasteiger partial charge in [0, 0.05) is 6.42 Å². The summed E-state index contributed by atoms with van der Waals surface area (Å²) >= 11 is 0. The Bertz CT molecular complexity index is 29.0. The van der Waals surface area contributed by atoms with Crippen molar-refractivity contribution >= 4 is 0 Å². The van der Waals surface area contributed by atoms with E-state index in [1.165, 1.54) is 0 Å². The first-order valence-corrected chi connectivity index (χ1v) is 2.04. The van der Waals surface area contributed by atoms with Gasteiger partial charge in [0.2, 0.25) is 0 Å². The molecule has 0 nitrogen and oxygen atoms in total. The van der Waals surface area contributed by atoms with Gasteiger partial charge in [0.25, 0.3) is 0 Å². The average molecular weight is 81.1 g/mol. The van der Waals surface area contributed by atoms with E-state index in [1.807, 2.05) is 13.3 Å². The highest BCUT2D eigenvalue weighted by atomic mass is 13.8. The number of allylic oxidation sites excluding steroid dienone is 1. The van der Waals surface area contributed by atoms with E-state index in [0.29, 0.717) is 0 Å². The van der Waals surface area contributed by atoms with Crippen molar-refractivity contribution in [1.29, 1.82) is 0 Å². The van der Waals surface area contributed by atoms with Crippen LogP contribution in [0.15, 0.2) is 12.7 Å². The molecule has 6 heavy (non-hydrogen) atoms.